The third kappa shape index (κ3) is 5.96. The normalized spacial score (nSPS) is 18.6. The summed E-state index contributed by atoms with van der Waals surface area (Å²) in [5.41, 5.74) is 4.92. The Morgan fingerprint density at radius 1 is 0.976 bits per heavy atom. The van der Waals surface area contributed by atoms with Gasteiger partial charge in [-0.1, -0.05) is 23.2 Å². The highest BCUT2D eigenvalue weighted by Crippen LogP contribution is 2.48. The minimum absolute atomic E-state index is 0.330. The van der Waals surface area contributed by atoms with Crippen molar-refractivity contribution in [3.05, 3.63) is 51.6 Å². The summed E-state index contributed by atoms with van der Waals surface area (Å²) in [4.78, 5) is 14.1. The molecule has 6 rings (SSSR count). The number of likely N-dealkylation sites (tertiary alicyclic amines) is 1. The van der Waals surface area contributed by atoms with Crippen LogP contribution in [0.2, 0.25) is 10.0 Å². The number of methoxy groups -OCH3 is 1. The van der Waals surface area contributed by atoms with Gasteiger partial charge < -0.3 is 29.7 Å². The first-order valence-electron chi connectivity index (χ1n) is 14.5. The Morgan fingerprint density at radius 2 is 1.67 bits per heavy atom. The smallest absolute Gasteiger partial charge is 0.229 e. The lowest BCUT2D eigenvalue weighted by Gasteiger charge is -2.55. The van der Waals surface area contributed by atoms with E-state index < -0.39 is 7.14 Å². The highest BCUT2D eigenvalue weighted by atomic mass is 35.5. The van der Waals surface area contributed by atoms with Crippen LogP contribution in [0.1, 0.15) is 36.8 Å². The van der Waals surface area contributed by atoms with Crippen LogP contribution in [0.3, 0.4) is 0 Å². The van der Waals surface area contributed by atoms with Crippen LogP contribution in [0.5, 0.6) is 5.75 Å². The number of rotatable bonds is 8. The van der Waals surface area contributed by atoms with E-state index in [0.29, 0.717) is 44.4 Å². The van der Waals surface area contributed by atoms with E-state index in [0.717, 1.165) is 41.3 Å². The number of anilines is 5. The predicted octanol–water partition coefficient (Wildman–Crippen LogP) is 7.21. The lowest BCUT2D eigenvalue weighted by molar-refractivity contribution is 0.0722. The van der Waals surface area contributed by atoms with Gasteiger partial charge >= 0.3 is 0 Å². The molecule has 2 saturated heterocycles. The molecular formula is C31H39Cl2N6O2P. The SMILES string of the molecule is COc1cc(N2CC3(CCN(C4CC4)CC3)C2)c(Cl)cc1Nc1ncc(Cl)c(Nc2cc(C)c(C)cc2P(C)(C)=O)n1. The van der Waals surface area contributed by atoms with Crippen LogP contribution in [0.4, 0.5) is 28.8 Å². The maximum Gasteiger partial charge on any atom is 0.229 e. The molecule has 2 aliphatic heterocycles. The Labute approximate surface area is 258 Å². The third-order valence-electron chi connectivity index (χ3n) is 9.02. The molecule has 2 aromatic carbocycles. The standard InChI is InChI=1S/C31H39Cl2N6O2P/c1-19-12-25(28(13-20(19)2)42(4,5)40)35-29-23(33)16-34-30(37-29)36-24-14-22(32)26(15-27(24)41-3)39-17-31(18-39)8-10-38(11-9-31)21-6-7-21/h12-16,21H,6-11,17-18H2,1-5H3,(H2,34,35,36,37). The van der Waals surface area contributed by atoms with Crippen LogP contribution in [-0.2, 0) is 4.57 Å². The molecule has 0 radical (unpaired) electrons. The molecule has 1 saturated carbocycles. The highest BCUT2D eigenvalue weighted by molar-refractivity contribution is 7.70. The fourth-order valence-corrected chi connectivity index (χ4v) is 7.84. The van der Waals surface area contributed by atoms with Crippen molar-refractivity contribution < 1.29 is 9.30 Å². The zero-order valence-corrected chi connectivity index (χ0v) is 27.3. The molecule has 8 nitrogen and oxygen atoms in total. The Bertz CT molecular complexity index is 1560. The summed E-state index contributed by atoms with van der Waals surface area (Å²) < 4.78 is 18.8. The molecule has 11 heteroatoms. The van der Waals surface area contributed by atoms with E-state index in [4.69, 9.17) is 27.9 Å². The lowest BCUT2D eigenvalue weighted by atomic mass is 9.71. The van der Waals surface area contributed by atoms with Crippen LogP contribution >= 0.6 is 30.3 Å². The number of aromatic nitrogens is 2. The molecule has 2 N–H and O–H groups in total. The summed E-state index contributed by atoms with van der Waals surface area (Å²) in [7, 11) is -0.919. The Balaban J connectivity index is 1.19. The van der Waals surface area contributed by atoms with Crippen LogP contribution in [0.15, 0.2) is 30.5 Å². The highest BCUT2D eigenvalue weighted by Gasteiger charge is 2.47. The average molecular weight is 630 g/mol. The van der Waals surface area contributed by atoms with E-state index >= 15 is 0 Å². The average Bonchev–Trinajstić information content (AvgIpc) is 3.77. The molecule has 1 aromatic heterocycles. The Hall–Kier alpha value is -2.51. The molecule has 0 unspecified atom stereocenters. The van der Waals surface area contributed by atoms with Gasteiger partial charge in [-0.2, -0.15) is 4.98 Å². The zero-order chi connectivity index (χ0) is 29.8. The number of benzene rings is 2. The number of aryl methyl sites for hydroxylation is 2. The molecule has 3 aliphatic rings. The van der Waals surface area contributed by atoms with Gasteiger partial charge in [0.1, 0.15) is 17.9 Å². The summed E-state index contributed by atoms with van der Waals surface area (Å²) in [5, 5.41) is 8.30. The molecule has 0 bridgehead atoms. The van der Waals surface area contributed by atoms with E-state index in [2.05, 4.69) is 30.4 Å². The molecular weight excluding hydrogens is 590 g/mol. The van der Waals surface area contributed by atoms with E-state index in [1.54, 1.807) is 20.4 Å². The minimum atomic E-state index is -2.57. The van der Waals surface area contributed by atoms with Crippen LogP contribution in [-0.4, -0.2) is 67.5 Å². The van der Waals surface area contributed by atoms with Gasteiger partial charge in [0.2, 0.25) is 5.95 Å². The monoisotopic (exact) mass is 628 g/mol. The molecule has 42 heavy (non-hydrogen) atoms. The van der Waals surface area contributed by atoms with Crippen LogP contribution in [0.25, 0.3) is 0 Å². The molecule has 3 aromatic rings. The summed E-state index contributed by atoms with van der Waals surface area (Å²) in [6.45, 7) is 12.0. The van der Waals surface area contributed by atoms with Gasteiger partial charge in [0, 0.05) is 35.9 Å². The van der Waals surface area contributed by atoms with Gasteiger partial charge in [0.15, 0.2) is 5.82 Å². The van der Waals surface area contributed by atoms with Crippen molar-refractivity contribution in [2.75, 3.05) is 62.2 Å². The fourth-order valence-electron chi connectivity index (χ4n) is 6.21. The molecule has 0 atom stereocenters. The summed E-state index contributed by atoms with van der Waals surface area (Å²) in [6.07, 6.45) is 6.81. The van der Waals surface area contributed by atoms with Crippen molar-refractivity contribution in [3.8, 4) is 5.75 Å². The van der Waals surface area contributed by atoms with Crippen molar-refractivity contribution in [1.82, 2.24) is 14.9 Å². The first-order valence-corrected chi connectivity index (χ1v) is 17.9. The number of halogens is 2. The topological polar surface area (TPSA) is 82.6 Å². The van der Waals surface area contributed by atoms with Crippen molar-refractivity contribution in [2.24, 2.45) is 5.41 Å². The number of nitrogens with one attached hydrogen (secondary N) is 2. The maximum absolute atomic E-state index is 13.1. The van der Waals surface area contributed by atoms with Crippen molar-refractivity contribution in [3.63, 3.8) is 0 Å². The second-order valence-electron chi connectivity index (χ2n) is 12.6. The lowest BCUT2D eigenvalue weighted by Crippen LogP contribution is -2.60. The largest absolute Gasteiger partial charge is 0.494 e. The van der Waals surface area contributed by atoms with Gasteiger partial charge in [-0.3, -0.25) is 0 Å². The van der Waals surface area contributed by atoms with Gasteiger partial charge in [0.25, 0.3) is 0 Å². The number of piperidine rings is 1. The summed E-state index contributed by atoms with van der Waals surface area (Å²) in [5.74, 6) is 1.39. The van der Waals surface area contributed by atoms with Gasteiger partial charge in [0.05, 0.1) is 35.4 Å². The van der Waals surface area contributed by atoms with Gasteiger partial charge in [-0.15, -0.1) is 0 Å². The van der Waals surface area contributed by atoms with E-state index in [1.165, 1.54) is 45.0 Å². The quantitative estimate of drug-likeness (QED) is 0.253. The van der Waals surface area contributed by atoms with Crippen molar-refractivity contribution in [1.29, 1.82) is 0 Å². The predicted molar refractivity (Wildman–Crippen MR) is 175 cm³/mol. The number of ether oxygens (including phenoxy) is 1. The Kier molecular flexibility index (Phi) is 7.88. The van der Waals surface area contributed by atoms with Gasteiger partial charge in [-0.25, -0.2) is 4.98 Å². The first kappa shape index (κ1) is 29.6. The fraction of sp³-hybridized carbons (Fsp3) is 0.484. The molecule has 224 valence electrons. The number of hydrogen-bond acceptors (Lipinski definition) is 8. The van der Waals surface area contributed by atoms with Crippen LogP contribution in [0, 0.1) is 19.3 Å². The van der Waals surface area contributed by atoms with E-state index in [1.807, 2.05) is 38.1 Å². The third-order valence-corrected chi connectivity index (χ3v) is 11.1. The second kappa shape index (κ2) is 11.2. The zero-order valence-electron chi connectivity index (χ0n) is 24.9. The number of hydrogen-bond donors (Lipinski definition) is 2. The number of nitrogens with zero attached hydrogens (tertiary/aromatic N) is 4. The van der Waals surface area contributed by atoms with E-state index in [9.17, 15) is 4.57 Å². The minimum Gasteiger partial charge on any atom is -0.494 e. The van der Waals surface area contributed by atoms with E-state index in [-0.39, 0.29) is 0 Å². The summed E-state index contributed by atoms with van der Waals surface area (Å²) >= 11 is 13.3. The first-order chi connectivity index (χ1) is 19.9. The molecule has 1 spiro atoms. The maximum atomic E-state index is 13.1. The van der Waals surface area contributed by atoms with Crippen molar-refractivity contribution in [2.45, 2.75) is 45.6 Å². The van der Waals surface area contributed by atoms with Gasteiger partial charge in [-0.05, 0) is 95.3 Å². The summed E-state index contributed by atoms with van der Waals surface area (Å²) in [6, 6.07) is 8.66. The molecule has 1 aliphatic carbocycles. The van der Waals surface area contributed by atoms with Crippen LogP contribution < -0.4 is 25.6 Å². The van der Waals surface area contributed by atoms with Crippen molar-refractivity contribution >= 4 is 64.5 Å². The Morgan fingerprint density at radius 3 is 2.31 bits per heavy atom. The molecule has 0 amide bonds. The molecule has 3 fully saturated rings. The second-order valence-corrected chi connectivity index (χ2v) is 16.6. The molecule has 3 heterocycles.